The Morgan fingerprint density at radius 3 is 2.81 bits per heavy atom. The summed E-state index contributed by atoms with van der Waals surface area (Å²) in [6.45, 7) is 2.46. The normalized spacial score (nSPS) is 10.4. The molecule has 0 saturated heterocycles. The smallest absolute Gasteiger partial charge is 0.319 e. The molecule has 0 radical (unpaired) electrons. The molecule has 0 unspecified atom stereocenters. The standard InChI is InChI=1S/C15H19N3O2S/c1-11-13(17-15(19)16-9-6-10-21-2)14(20-18-11)12-7-4-3-5-8-12/h3-5,7-8H,6,9-10H2,1-2H3,(H2,16,17,19). The number of carbonyl (C=O) groups excluding carboxylic acids is 1. The molecule has 0 saturated carbocycles. The van der Waals surface area contributed by atoms with E-state index < -0.39 is 0 Å². The SMILES string of the molecule is CSCCCNC(=O)Nc1c(C)noc1-c1ccccc1. The van der Waals surface area contributed by atoms with Crippen LogP contribution in [0.2, 0.25) is 0 Å². The summed E-state index contributed by atoms with van der Waals surface area (Å²) in [4.78, 5) is 11.9. The molecule has 0 aliphatic rings. The Morgan fingerprint density at radius 2 is 2.10 bits per heavy atom. The van der Waals surface area contributed by atoms with E-state index in [0.717, 1.165) is 17.7 Å². The van der Waals surface area contributed by atoms with Crippen LogP contribution in [0, 0.1) is 6.92 Å². The van der Waals surface area contributed by atoms with Crippen LogP contribution in [-0.2, 0) is 0 Å². The first kappa shape index (κ1) is 15.4. The Labute approximate surface area is 128 Å². The number of hydrogen-bond acceptors (Lipinski definition) is 4. The average Bonchev–Trinajstić information content (AvgIpc) is 2.86. The van der Waals surface area contributed by atoms with Crippen molar-refractivity contribution in [3.05, 3.63) is 36.0 Å². The minimum atomic E-state index is -0.236. The molecule has 6 heteroatoms. The van der Waals surface area contributed by atoms with Crippen LogP contribution in [-0.4, -0.2) is 29.7 Å². The van der Waals surface area contributed by atoms with Gasteiger partial charge in [0.2, 0.25) is 0 Å². The number of anilines is 1. The molecule has 1 heterocycles. The summed E-state index contributed by atoms with van der Waals surface area (Å²) in [6, 6.07) is 9.36. The Bertz CT molecular complexity index is 584. The minimum Gasteiger partial charge on any atom is -0.354 e. The molecule has 2 rings (SSSR count). The highest BCUT2D eigenvalue weighted by Gasteiger charge is 2.16. The molecule has 2 aromatic rings. The van der Waals surface area contributed by atoms with Crippen LogP contribution in [0.15, 0.2) is 34.9 Å². The fourth-order valence-corrected chi connectivity index (χ4v) is 2.31. The highest BCUT2D eigenvalue weighted by atomic mass is 32.2. The topological polar surface area (TPSA) is 67.2 Å². The molecule has 1 aromatic carbocycles. The molecule has 2 amide bonds. The van der Waals surface area contributed by atoms with Gasteiger partial charge >= 0.3 is 6.03 Å². The fraction of sp³-hybridized carbons (Fsp3) is 0.333. The molecular formula is C15H19N3O2S. The zero-order valence-corrected chi connectivity index (χ0v) is 13.0. The lowest BCUT2D eigenvalue weighted by atomic mass is 10.1. The molecular weight excluding hydrogens is 286 g/mol. The summed E-state index contributed by atoms with van der Waals surface area (Å²) < 4.78 is 5.33. The quantitative estimate of drug-likeness (QED) is 0.801. The van der Waals surface area contributed by atoms with Gasteiger partial charge in [-0.15, -0.1) is 0 Å². The summed E-state index contributed by atoms with van der Waals surface area (Å²) >= 11 is 1.76. The van der Waals surface area contributed by atoms with Crippen molar-refractivity contribution in [2.75, 3.05) is 23.9 Å². The molecule has 0 spiro atoms. The number of thioether (sulfide) groups is 1. The first-order chi connectivity index (χ1) is 10.2. The van der Waals surface area contributed by atoms with Gasteiger partial charge in [-0.2, -0.15) is 11.8 Å². The number of urea groups is 1. The van der Waals surface area contributed by atoms with Gasteiger partial charge in [0.15, 0.2) is 5.76 Å². The number of hydrogen-bond donors (Lipinski definition) is 2. The summed E-state index contributed by atoms with van der Waals surface area (Å²) in [5.74, 6) is 1.61. The van der Waals surface area contributed by atoms with E-state index in [1.54, 1.807) is 18.7 Å². The Hall–Kier alpha value is -1.95. The number of nitrogens with zero attached hydrogens (tertiary/aromatic N) is 1. The molecule has 0 aliphatic heterocycles. The lowest BCUT2D eigenvalue weighted by molar-refractivity contribution is 0.252. The molecule has 2 N–H and O–H groups in total. The number of amides is 2. The number of benzene rings is 1. The van der Waals surface area contributed by atoms with Gasteiger partial charge in [-0.3, -0.25) is 0 Å². The highest BCUT2D eigenvalue weighted by molar-refractivity contribution is 7.98. The Balaban J connectivity index is 2.03. The van der Waals surface area contributed by atoms with Crippen molar-refractivity contribution in [3.8, 4) is 11.3 Å². The number of nitrogens with one attached hydrogen (secondary N) is 2. The fourth-order valence-electron chi connectivity index (χ4n) is 1.88. The lowest BCUT2D eigenvalue weighted by Gasteiger charge is -2.07. The largest absolute Gasteiger partial charge is 0.354 e. The van der Waals surface area contributed by atoms with Gasteiger partial charge in [0.1, 0.15) is 11.4 Å². The molecule has 0 bridgehead atoms. The maximum absolute atomic E-state index is 11.9. The summed E-state index contributed by atoms with van der Waals surface area (Å²) in [7, 11) is 0. The minimum absolute atomic E-state index is 0.236. The first-order valence-electron chi connectivity index (χ1n) is 6.78. The zero-order valence-electron chi connectivity index (χ0n) is 12.2. The highest BCUT2D eigenvalue weighted by Crippen LogP contribution is 2.30. The van der Waals surface area contributed by atoms with E-state index in [-0.39, 0.29) is 6.03 Å². The van der Waals surface area contributed by atoms with Crippen molar-refractivity contribution in [2.45, 2.75) is 13.3 Å². The van der Waals surface area contributed by atoms with Crippen molar-refractivity contribution < 1.29 is 9.32 Å². The van der Waals surface area contributed by atoms with Crippen LogP contribution in [0.1, 0.15) is 12.1 Å². The van der Waals surface area contributed by atoms with Crippen molar-refractivity contribution in [2.24, 2.45) is 0 Å². The molecule has 5 nitrogen and oxygen atoms in total. The maximum atomic E-state index is 11.9. The number of rotatable bonds is 6. The summed E-state index contributed by atoms with van der Waals surface area (Å²) in [5, 5.41) is 9.58. The maximum Gasteiger partial charge on any atom is 0.319 e. The Morgan fingerprint density at radius 1 is 1.33 bits per heavy atom. The second-order valence-corrected chi connectivity index (χ2v) is 5.55. The van der Waals surface area contributed by atoms with E-state index in [0.29, 0.717) is 23.7 Å². The van der Waals surface area contributed by atoms with E-state index in [1.165, 1.54) is 0 Å². The van der Waals surface area contributed by atoms with Crippen LogP contribution in [0.25, 0.3) is 11.3 Å². The van der Waals surface area contributed by atoms with Gasteiger partial charge < -0.3 is 15.2 Å². The lowest BCUT2D eigenvalue weighted by Crippen LogP contribution is -2.30. The number of carbonyl (C=O) groups is 1. The molecule has 1 aromatic heterocycles. The second kappa shape index (κ2) is 7.73. The number of aryl methyl sites for hydroxylation is 1. The molecule has 0 aliphatic carbocycles. The predicted octanol–water partition coefficient (Wildman–Crippen LogP) is 3.52. The summed E-state index contributed by atoms with van der Waals surface area (Å²) in [5.41, 5.74) is 2.16. The zero-order chi connectivity index (χ0) is 15.1. The monoisotopic (exact) mass is 305 g/mol. The third-order valence-corrected chi connectivity index (χ3v) is 3.64. The van der Waals surface area contributed by atoms with E-state index in [1.807, 2.05) is 36.6 Å². The van der Waals surface area contributed by atoms with E-state index in [2.05, 4.69) is 15.8 Å². The van der Waals surface area contributed by atoms with Crippen molar-refractivity contribution in [3.63, 3.8) is 0 Å². The van der Waals surface area contributed by atoms with Gasteiger partial charge in [-0.1, -0.05) is 35.5 Å². The third-order valence-electron chi connectivity index (χ3n) is 2.95. The van der Waals surface area contributed by atoms with Crippen molar-refractivity contribution in [1.29, 1.82) is 0 Å². The van der Waals surface area contributed by atoms with Crippen LogP contribution in [0.3, 0.4) is 0 Å². The van der Waals surface area contributed by atoms with Gasteiger partial charge in [0.05, 0.1) is 0 Å². The number of aromatic nitrogens is 1. The van der Waals surface area contributed by atoms with E-state index >= 15 is 0 Å². The van der Waals surface area contributed by atoms with Crippen molar-refractivity contribution in [1.82, 2.24) is 10.5 Å². The molecule has 0 fully saturated rings. The average molecular weight is 305 g/mol. The van der Waals surface area contributed by atoms with Crippen LogP contribution < -0.4 is 10.6 Å². The molecule has 112 valence electrons. The first-order valence-corrected chi connectivity index (χ1v) is 8.17. The third kappa shape index (κ3) is 4.26. The van der Waals surface area contributed by atoms with Gasteiger partial charge in [0, 0.05) is 12.1 Å². The predicted molar refractivity (Wildman–Crippen MR) is 86.7 cm³/mol. The van der Waals surface area contributed by atoms with E-state index in [9.17, 15) is 4.79 Å². The molecule has 21 heavy (non-hydrogen) atoms. The van der Waals surface area contributed by atoms with Crippen LogP contribution in [0.5, 0.6) is 0 Å². The van der Waals surface area contributed by atoms with Gasteiger partial charge in [-0.05, 0) is 25.4 Å². The van der Waals surface area contributed by atoms with Crippen LogP contribution in [0.4, 0.5) is 10.5 Å². The summed E-state index contributed by atoms with van der Waals surface area (Å²) in [6.07, 6.45) is 3.00. The second-order valence-electron chi connectivity index (χ2n) is 4.57. The Kier molecular flexibility index (Phi) is 5.68. The van der Waals surface area contributed by atoms with Gasteiger partial charge in [0.25, 0.3) is 0 Å². The van der Waals surface area contributed by atoms with Crippen molar-refractivity contribution >= 4 is 23.5 Å². The van der Waals surface area contributed by atoms with Crippen LogP contribution >= 0.6 is 11.8 Å². The van der Waals surface area contributed by atoms with Gasteiger partial charge in [-0.25, -0.2) is 4.79 Å². The van der Waals surface area contributed by atoms with E-state index in [4.69, 9.17) is 4.52 Å². The molecule has 0 atom stereocenters.